The smallest absolute Gasteiger partial charge is 0.200 e. The van der Waals surface area contributed by atoms with Crippen molar-refractivity contribution in [1.29, 1.82) is 0 Å². The summed E-state index contributed by atoms with van der Waals surface area (Å²) in [4.78, 5) is 0. The lowest BCUT2D eigenvalue weighted by Gasteiger charge is -2.31. The maximum atomic E-state index is 10.7. The Labute approximate surface area is 332 Å². The van der Waals surface area contributed by atoms with Crippen LogP contribution in [0.5, 0.6) is 51.7 Å². The highest BCUT2D eigenvalue weighted by atomic mass is 35.5. The number of benzene rings is 3. The van der Waals surface area contributed by atoms with Crippen LogP contribution in [-0.2, 0) is 19.3 Å². The number of halogens is 3. The molecule has 0 fully saturated rings. The molecule has 3 aromatic rings. The molecule has 18 N–H and O–H groups in total. The third-order valence-corrected chi connectivity index (χ3v) is 10.6. The molecule has 3 heterocycles. The fourth-order valence-corrected chi connectivity index (χ4v) is 8.13. The predicted octanol–water partition coefficient (Wildman–Crippen LogP) is 3.53. The van der Waals surface area contributed by atoms with Gasteiger partial charge in [0.1, 0.15) is 0 Å². The van der Waals surface area contributed by atoms with Crippen molar-refractivity contribution < 1.29 is 62.4 Å². The molecular weight excluding hydrogens is 773 g/mol. The van der Waals surface area contributed by atoms with Gasteiger partial charge in [-0.05, 0) is 112 Å². The molecule has 0 amide bonds. The second-order valence-corrected chi connectivity index (χ2v) is 13.6. The summed E-state index contributed by atoms with van der Waals surface area (Å²) >= 11 is 0. The molecule has 0 radical (unpaired) electrons. The summed E-state index contributed by atoms with van der Waals surface area (Å²) in [5.41, 5.74) is 4.33. The van der Waals surface area contributed by atoms with E-state index in [1.54, 1.807) is 0 Å². The van der Waals surface area contributed by atoms with E-state index >= 15 is 0 Å². The topological polar surface area (TPSA) is 313 Å². The fraction of sp³-hybridized carbons (Fsp3) is 0.500. The summed E-state index contributed by atoms with van der Waals surface area (Å²) in [6.45, 7) is 2.07. The SMILES string of the molecule is Cl.Cl.Cl.O.O.O.Oc1cc2c(c(O)c1O)C(CCCCC(CCC1NCCc3cc(O)c(O)c(O)c31)CCC1NCCc3cc(O)c(O)c(O)c31)NCC2. The first kappa shape index (κ1) is 50.5. The van der Waals surface area contributed by atoms with E-state index in [-0.39, 0.29) is 112 Å². The number of rotatable bonds is 11. The molecule has 0 saturated heterocycles. The second-order valence-electron chi connectivity index (χ2n) is 13.6. The predicted molar refractivity (Wildman–Crippen MR) is 211 cm³/mol. The second kappa shape index (κ2) is 21.5. The lowest BCUT2D eigenvalue weighted by molar-refractivity contribution is 0.309. The molecule has 0 spiro atoms. The third kappa shape index (κ3) is 10.2. The number of hydrogen-bond donors (Lipinski definition) is 12. The number of nitrogens with one attached hydrogen (secondary N) is 3. The van der Waals surface area contributed by atoms with E-state index in [1.165, 1.54) is 18.2 Å². The van der Waals surface area contributed by atoms with E-state index in [0.717, 1.165) is 55.2 Å². The van der Waals surface area contributed by atoms with Gasteiger partial charge in [-0.25, -0.2) is 0 Å². The zero-order valence-corrected chi connectivity index (χ0v) is 32.1. The van der Waals surface area contributed by atoms with Crippen LogP contribution in [0, 0.1) is 5.92 Å². The van der Waals surface area contributed by atoms with Crippen molar-refractivity contribution in [2.45, 2.75) is 88.8 Å². The first-order valence-electron chi connectivity index (χ1n) is 17.0. The minimum absolute atomic E-state index is 0. The first-order valence-corrected chi connectivity index (χ1v) is 17.0. The van der Waals surface area contributed by atoms with Gasteiger partial charge in [0.25, 0.3) is 0 Å². The molecule has 0 bridgehead atoms. The Morgan fingerprint density at radius 1 is 0.444 bits per heavy atom. The van der Waals surface area contributed by atoms with Gasteiger partial charge < -0.3 is 78.3 Å². The number of phenolic OH excluding ortho intramolecular Hbond substituents is 9. The summed E-state index contributed by atoms with van der Waals surface area (Å²) in [5, 5.41) is 103. The molecule has 3 aromatic carbocycles. The Morgan fingerprint density at radius 3 is 1.09 bits per heavy atom. The van der Waals surface area contributed by atoms with E-state index in [1.807, 2.05) is 0 Å². The minimum atomic E-state index is -0.511. The van der Waals surface area contributed by atoms with Crippen LogP contribution in [0.15, 0.2) is 18.2 Å². The monoisotopic (exact) mass is 827 g/mol. The fourth-order valence-electron chi connectivity index (χ4n) is 8.13. The zero-order valence-electron chi connectivity index (χ0n) is 29.7. The normalized spacial score (nSPS) is 18.6. The third-order valence-electron chi connectivity index (χ3n) is 10.6. The van der Waals surface area contributed by atoms with E-state index < -0.39 is 17.2 Å². The molecule has 0 aliphatic carbocycles. The van der Waals surface area contributed by atoms with Gasteiger partial charge >= 0.3 is 0 Å². The van der Waals surface area contributed by atoms with Crippen LogP contribution in [0.4, 0.5) is 0 Å². The lowest BCUT2D eigenvalue weighted by Crippen LogP contribution is -2.31. The van der Waals surface area contributed by atoms with Gasteiger partial charge in [0.2, 0.25) is 17.2 Å². The number of unbranched alkanes of at least 4 members (excludes halogenated alkanes) is 1. The van der Waals surface area contributed by atoms with E-state index in [9.17, 15) is 46.0 Å². The maximum absolute atomic E-state index is 10.7. The van der Waals surface area contributed by atoms with Gasteiger partial charge in [0, 0.05) is 34.8 Å². The quantitative estimate of drug-likeness (QED) is 0.0976. The molecule has 3 aliphatic rings. The molecule has 6 rings (SSSR count). The number of hydrogen-bond acceptors (Lipinski definition) is 12. The van der Waals surface area contributed by atoms with Gasteiger partial charge in [0.05, 0.1) is 0 Å². The van der Waals surface area contributed by atoms with Crippen LogP contribution in [0.2, 0.25) is 0 Å². The highest BCUT2D eigenvalue weighted by Gasteiger charge is 2.31. The molecule has 0 saturated carbocycles. The molecule has 0 aromatic heterocycles. The molecule has 3 atom stereocenters. The van der Waals surface area contributed by atoms with Gasteiger partial charge in [-0.1, -0.05) is 19.3 Å². The molecule has 54 heavy (non-hydrogen) atoms. The standard InChI is InChI=1S/C36H47N3O9.3ClH.3H2O/c40-25-15-19-9-12-37-22(28(19)34(46)31(25)43)4-2-1-3-18(5-7-23-29-20(10-13-38-23)16-26(41)32(44)35(29)47)6-8-24-30-21(11-14-39-24)17-27(42)33(45)36(30)48;;;;;;/h15-18,22-24,37-48H,1-14H2;3*1H;3*1H2. The maximum Gasteiger partial charge on any atom is 0.200 e. The van der Waals surface area contributed by atoms with Crippen molar-refractivity contribution >= 4 is 37.2 Å². The van der Waals surface area contributed by atoms with Crippen molar-refractivity contribution in [3.05, 3.63) is 51.6 Å². The van der Waals surface area contributed by atoms with Crippen molar-refractivity contribution in [3.8, 4) is 51.7 Å². The number of phenols is 9. The van der Waals surface area contributed by atoms with Gasteiger partial charge in [-0.15, -0.1) is 37.2 Å². The summed E-state index contributed by atoms with van der Waals surface area (Å²) in [6.07, 6.45) is 8.28. The molecule has 308 valence electrons. The molecule has 3 unspecified atom stereocenters. The van der Waals surface area contributed by atoms with E-state index in [0.29, 0.717) is 68.4 Å². The van der Waals surface area contributed by atoms with Crippen LogP contribution >= 0.6 is 37.2 Å². The van der Waals surface area contributed by atoms with Crippen LogP contribution in [0.3, 0.4) is 0 Å². The largest absolute Gasteiger partial charge is 0.504 e. The highest BCUT2D eigenvalue weighted by Crippen LogP contribution is 2.48. The van der Waals surface area contributed by atoms with Crippen LogP contribution in [0.25, 0.3) is 0 Å². The molecular formula is C36H56Cl3N3O12. The first-order chi connectivity index (χ1) is 23.0. The van der Waals surface area contributed by atoms with Crippen LogP contribution < -0.4 is 16.0 Å². The Kier molecular flexibility index (Phi) is 20.1. The van der Waals surface area contributed by atoms with Gasteiger partial charge in [-0.3, -0.25) is 0 Å². The number of aromatic hydroxyl groups is 9. The lowest BCUT2D eigenvalue weighted by atomic mass is 9.82. The zero-order chi connectivity index (χ0) is 34.1. The van der Waals surface area contributed by atoms with E-state index in [2.05, 4.69) is 16.0 Å². The van der Waals surface area contributed by atoms with Crippen molar-refractivity contribution in [2.24, 2.45) is 5.92 Å². The summed E-state index contributed by atoms with van der Waals surface area (Å²) < 4.78 is 0. The Bertz CT molecular complexity index is 1610. The average Bonchev–Trinajstić information content (AvgIpc) is 3.07. The van der Waals surface area contributed by atoms with Gasteiger partial charge in [-0.2, -0.15) is 0 Å². The Balaban J connectivity index is 0.00000468. The molecule has 15 nitrogen and oxygen atoms in total. The average molecular weight is 829 g/mol. The van der Waals surface area contributed by atoms with Crippen molar-refractivity contribution in [2.75, 3.05) is 19.6 Å². The van der Waals surface area contributed by atoms with Crippen LogP contribution in [0.1, 0.15) is 103 Å². The van der Waals surface area contributed by atoms with Crippen molar-refractivity contribution in [3.63, 3.8) is 0 Å². The highest BCUT2D eigenvalue weighted by molar-refractivity contribution is 5.86. The summed E-state index contributed by atoms with van der Waals surface area (Å²) in [6, 6.07) is 4.03. The van der Waals surface area contributed by atoms with E-state index in [4.69, 9.17) is 0 Å². The summed E-state index contributed by atoms with van der Waals surface area (Å²) in [7, 11) is 0. The molecule has 3 aliphatic heterocycles. The Morgan fingerprint density at radius 2 is 0.759 bits per heavy atom. The van der Waals surface area contributed by atoms with Crippen molar-refractivity contribution in [1.82, 2.24) is 16.0 Å². The number of fused-ring (bicyclic) bond motifs is 3. The molecule has 18 heteroatoms. The Hall–Kier alpha value is -3.51. The summed E-state index contributed by atoms with van der Waals surface area (Å²) in [5.74, 6) is -3.09. The van der Waals surface area contributed by atoms with Crippen LogP contribution in [-0.4, -0.2) is 82.0 Å². The van der Waals surface area contributed by atoms with Gasteiger partial charge in [0.15, 0.2) is 34.5 Å². The minimum Gasteiger partial charge on any atom is -0.504 e.